The smallest absolute Gasteiger partial charge is 0.257 e. The molecular weight excluding hydrogens is 348 g/mol. The molecular formula is C20H19ClN4O. The minimum Gasteiger partial charge on any atom is -0.378 e. The Bertz CT molecular complexity index is 892. The summed E-state index contributed by atoms with van der Waals surface area (Å²) in [6.45, 7) is 0. The number of anilines is 4. The van der Waals surface area contributed by atoms with E-state index in [1.807, 2.05) is 43.3 Å². The quantitative estimate of drug-likeness (QED) is 0.681. The average molecular weight is 367 g/mol. The maximum atomic E-state index is 12.4. The average Bonchev–Trinajstić information content (AvgIpc) is 2.64. The summed E-state index contributed by atoms with van der Waals surface area (Å²) in [5, 5.41) is 6.71. The lowest BCUT2D eigenvalue weighted by Crippen LogP contribution is -2.12. The van der Waals surface area contributed by atoms with E-state index in [1.165, 1.54) is 6.20 Å². The summed E-state index contributed by atoms with van der Waals surface area (Å²) in [6, 6.07) is 16.7. The second kappa shape index (κ2) is 7.89. The third kappa shape index (κ3) is 4.52. The van der Waals surface area contributed by atoms with Gasteiger partial charge in [0.05, 0.1) is 17.4 Å². The van der Waals surface area contributed by atoms with Crippen LogP contribution in [0.2, 0.25) is 5.02 Å². The predicted octanol–water partition coefficient (Wildman–Crippen LogP) is 4.80. The number of carbonyl (C=O) groups is 1. The van der Waals surface area contributed by atoms with Crippen molar-refractivity contribution in [2.24, 2.45) is 0 Å². The monoisotopic (exact) mass is 366 g/mol. The molecule has 0 saturated heterocycles. The first-order valence-corrected chi connectivity index (χ1v) is 8.45. The van der Waals surface area contributed by atoms with Gasteiger partial charge < -0.3 is 15.5 Å². The second-order valence-electron chi connectivity index (χ2n) is 5.99. The van der Waals surface area contributed by atoms with Crippen molar-refractivity contribution in [2.45, 2.75) is 0 Å². The van der Waals surface area contributed by atoms with Crippen molar-refractivity contribution >= 4 is 40.3 Å². The van der Waals surface area contributed by atoms with E-state index in [2.05, 4.69) is 15.6 Å². The van der Waals surface area contributed by atoms with Crippen LogP contribution in [0.3, 0.4) is 0 Å². The highest BCUT2D eigenvalue weighted by molar-refractivity contribution is 6.30. The number of amides is 1. The van der Waals surface area contributed by atoms with Crippen LogP contribution in [0.15, 0.2) is 67.0 Å². The fourth-order valence-electron chi connectivity index (χ4n) is 2.38. The van der Waals surface area contributed by atoms with Crippen molar-refractivity contribution in [1.29, 1.82) is 0 Å². The Labute approximate surface area is 157 Å². The molecule has 2 N–H and O–H groups in total. The topological polar surface area (TPSA) is 57.3 Å². The molecule has 3 aromatic rings. The summed E-state index contributed by atoms with van der Waals surface area (Å²) >= 11 is 5.86. The third-order valence-electron chi connectivity index (χ3n) is 3.77. The number of halogens is 1. The van der Waals surface area contributed by atoms with Crippen molar-refractivity contribution in [3.8, 4) is 0 Å². The minimum atomic E-state index is -0.230. The van der Waals surface area contributed by atoms with Gasteiger partial charge in [0.1, 0.15) is 0 Å². The Balaban J connectivity index is 1.71. The highest BCUT2D eigenvalue weighted by Gasteiger charge is 2.08. The lowest BCUT2D eigenvalue weighted by atomic mass is 10.2. The Morgan fingerprint density at radius 1 is 0.923 bits per heavy atom. The van der Waals surface area contributed by atoms with Gasteiger partial charge in [0.15, 0.2) is 0 Å². The van der Waals surface area contributed by atoms with Crippen LogP contribution in [0.25, 0.3) is 0 Å². The summed E-state index contributed by atoms with van der Waals surface area (Å²) in [7, 11) is 3.99. The zero-order chi connectivity index (χ0) is 18.5. The summed E-state index contributed by atoms with van der Waals surface area (Å²) in [6.07, 6.45) is 3.21. The van der Waals surface area contributed by atoms with Crippen molar-refractivity contribution in [1.82, 2.24) is 4.98 Å². The highest BCUT2D eigenvalue weighted by atomic mass is 35.5. The number of nitrogens with zero attached hydrogens (tertiary/aromatic N) is 2. The van der Waals surface area contributed by atoms with E-state index in [1.54, 1.807) is 36.5 Å². The van der Waals surface area contributed by atoms with Gasteiger partial charge in [-0.3, -0.25) is 9.78 Å². The van der Waals surface area contributed by atoms with Crippen LogP contribution in [0.1, 0.15) is 10.4 Å². The molecule has 1 aromatic heterocycles. The Morgan fingerprint density at radius 3 is 2.23 bits per heavy atom. The number of rotatable bonds is 5. The Morgan fingerprint density at radius 2 is 1.58 bits per heavy atom. The first-order chi connectivity index (χ1) is 12.5. The van der Waals surface area contributed by atoms with E-state index in [0.29, 0.717) is 16.3 Å². The Hall–Kier alpha value is -3.05. The van der Waals surface area contributed by atoms with Crippen molar-refractivity contribution in [2.75, 3.05) is 29.6 Å². The van der Waals surface area contributed by atoms with E-state index in [4.69, 9.17) is 11.6 Å². The molecule has 0 atom stereocenters. The molecule has 3 rings (SSSR count). The summed E-state index contributed by atoms with van der Waals surface area (Å²) in [4.78, 5) is 18.6. The zero-order valence-corrected chi connectivity index (χ0v) is 15.3. The van der Waals surface area contributed by atoms with Crippen molar-refractivity contribution < 1.29 is 4.79 Å². The fourth-order valence-corrected chi connectivity index (χ4v) is 2.50. The molecule has 6 heteroatoms. The van der Waals surface area contributed by atoms with E-state index in [0.717, 1.165) is 17.1 Å². The predicted molar refractivity (Wildman–Crippen MR) is 108 cm³/mol. The molecule has 2 aromatic carbocycles. The number of nitrogens with one attached hydrogen (secondary N) is 2. The molecule has 0 fully saturated rings. The largest absolute Gasteiger partial charge is 0.378 e. The van der Waals surface area contributed by atoms with Crippen LogP contribution < -0.4 is 15.5 Å². The lowest BCUT2D eigenvalue weighted by Gasteiger charge is -2.13. The normalized spacial score (nSPS) is 10.3. The van der Waals surface area contributed by atoms with E-state index >= 15 is 0 Å². The highest BCUT2D eigenvalue weighted by Crippen LogP contribution is 2.21. The molecule has 26 heavy (non-hydrogen) atoms. The van der Waals surface area contributed by atoms with Crippen LogP contribution in [0.5, 0.6) is 0 Å². The van der Waals surface area contributed by atoms with E-state index in [-0.39, 0.29) is 5.91 Å². The molecule has 0 bridgehead atoms. The minimum absolute atomic E-state index is 0.230. The second-order valence-corrected chi connectivity index (χ2v) is 6.43. The molecule has 0 aliphatic rings. The van der Waals surface area contributed by atoms with E-state index in [9.17, 15) is 4.79 Å². The molecule has 0 aliphatic carbocycles. The van der Waals surface area contributed by atoms with Crippen LogP contribution in [0, 0.1) is 0 Å². The number of hydrogen-bond donors (Lipinski definition) is 2. The molecule has 132 valence electrons. The summed E-state index contributed by atoms with van der Waals surface area (Å²) < 4.78 is 0. The molecule has 1 amide bonds. The SMILES string of the molecule is CN(C)c1ccc(Nc2cncc(C(=O)Nc3ccc(Cl)cc3)c2)cc1. The first-order valence-electron chi connectivity index (χ1n) is 8.07. The maximum absolute atomic E-state index is 12.4. The van der Waals surface area contributed by atoms with Gasteiger partial charge in [0, 0.05) is 42.4 Å². The number of aromatic nitrogens is 1. The van der Waals surface area contributed by atoms with Gasteiger partial charge in [-0.05, 0) is 54.6 Å². The number of hydrogen-bond acceptors (Lipinski definition) is 4. The van der Waals surface area contributed by atoms with Gasteiger partial charge >= 0.3 is 0 Å². The Kier molecular flexibility index (Phi) is 5.39. The van der Waals surface area contributed by atoms with Gasteiger partial charge in [0.2, 0.25) is 0 Å². The zero-order valence-electron chi connectivity index (χ0n) is 14.5. The van der Waals surface area contributed by atoms with Crippen molar-refractivity contribution in [3.05, 3.63) is 77.6 Å². The molecule has 0 aliphatic heterocycles. The van der Waals surface area contributed by atoms with Crippen LogP contribution in [-0.2, 0) is 0 Å². The number of pyridine rings is 1. The molecule has 5 nitrogen and oxygen atoms in total. The summed E-state index contributed by atoms with van der Waals surface area (Å²) in [5.74, 6) is -0.230. The fraction of sp³-hybridized carbons (Fsp3) is 0.100. The van der Waals surface area contributed by atoms with Crippen molar-refractivity contribution in [3.63, 3.8) is 0 Å². The van der Waals surface area contributed by atoms with Gasteiger partial charge in [-0.15, -0.1) is 0 Å². The lowest BCUT2D eigenvalue weighted by molar-refractivity contribution is 0.102. The molecule has 0 saturated carbocycles. The van der Waals surface area contributed by atoms with Gasteiger partial charge in [-0.25, -0.2) is 0 Å². The molecule has 0 radical (unpaired) electrons. The van der Waals surface area contributed by atoms with Gasteiger partial charge in [-0.1, -0.05) is 11.6 Å². The van der Waals surface area contributed by atoms with Gasteiger partial charge in [-0.2, -0.15) is 0 Å². The van der Waals surface area contributed by atoms with Crippen LogP contribution >= 0.6 is 11.6 Å². The summed E-state index contributed by atoms with van der Waals surface area (Å²) in [5.41, 5.74) is 3.93. The van der Waals surface area contributed by atoms with Gasteiger partial charge in [0.25, 0.3) is 5.91 Å². The third-order valence-corrected chi connectivity index (χ3v) is 4.03. The van der Waals surface area contributed by atoms with Crippen LogP contribution in [-0.4, -0.2) is 25.0 Å². The standard InChI is InChI=1S/C20H19ClN4O/c1-25(2)19-9-7-16(8-10-19)23-18-11-14(12-22-13-18)20(26)24-17-5-3-15(21)4-6-17/h3-13,23H,1-2H3,(H,24,26). The maximum Gasteiger partial charge on any atom is 0.257 e. The first kappa shape index (κ1) is 17.8. The number of carbonyl (C=O) groups excluding carboxylic acids is 1. The van der Waals surface area contributed by atoms with Crippen LogP contribution in [0.4, 0.5) is 22.7 Å². The molecule has 0 spiro atoms. The van der Waals surface area contributed by atoms with E-state index < -0.39 is 0 Å². The molecule has 0 unspecified atom stereocenters. The molecule has 1 heterocycles. The number of benzene rings is 2.